The Morgan fingerprint density at radius 1 is 1.33 bits per heavy atom. The topological polar surface area (TPSA) is 45.9 Å². The lowest BCUT2D eigenvalue weighted by molar-refractivity contribution is 0.102. The van der Waals surface area contributed by atoms with Gasteiger partial charge in [0.05, 0.1) is 5.69 Å². The fourth-order valence-corrected chi connectivity index (χ4v) is 2.64. The monoisotopic (exact) mass is 244 g/mol. The minimum absolute atomic E-state index is 0.243. The molecule has 0 saturated heterocycles. The molecule has 1 aromatic rings. The lowest BCUT2D eigenvalue weighted by Gasteiger charge is -2.29. The molecule has 0 N–H and O–H groups in total. The van der Waals surface area contributed by atoms with Gasteiger partial charge >= 0.3 is 0 Å². The first-order valence-electron chi connectivity index (χ1n) is 6.67. The Morgan fingerprint density at radius 2 is 2.06 bits per heavy atom. The van der Waals surface area contributed by atoms with Gasteiger partial charge in [-0.25, -0.2) is 0 Å². The summed E-state index contributed by atoms with van der Waals surface area (Å²) in [4.78, 5) is 4.31. The molecule has 0 radical (unpaired) electrons. The van der Waals surface area contributed by atoms with Crippen LogP contribution in [0, 0.1) is 31.1 Å². The van der Waals surface area contributed by atoms with Crippen LogP contribution in [0.4, 0.5) is 0 Å². The highest BCUT2D eigenvalue weighted by Crippen LogP contribution is 2.30. The molecule has 1 saturated carbocycles. The SMILES string of the molecule is Cc1cc(OC2CCCCC2C)c(C#N)c(C)n1. The van der Waals surface area contributed by atoms with Crippen molar-refractivity contribution < 1.29 is 4.74 Å². The van der Waals surface area contributed by atoms with Crippen LogP contribution in [0.5, 0.6) is 5.75 Å². The van der Waals surface area contributed by atoms with Crippen molar-refractivity contribution >= 4 is 0 Å². The van der Waals surface area contributed by atoms with Crippen molar-refractivity contribution in [1.29, 1.82) is 5.26 Å². The Labute approximate surface area is 109 Å². The number of nitrogens with zero attached hydrogens (tertiary/aromatic N) is 2. The van der Waals surface area contributed by atoms with E-state index in [0.717, 1.165) is 17.8 Å². The molecule has 1 heterocycles. The number of rotatable bonds is 2. The Bertz CT molecular complexity index is 476. The van der Waals surface area contributed by atoms with Crippen LogP contribution in [0.2, 0.25) is 0 Å². The average molecular weight is 244 g/mol. The molecule has 3 nitrogen and oxygen atoms in total. The number of hydrogen-bond donors (Lipinski definition) is 0. The van der Waals surface area contributed by atoms with Gasteiger partial charge in [0.2, 0.25) is 0 Å². The molecule has 3 heteroatoms. The third kappa shape index (κ3) is 2.64. The highest BCUT2D eigenvalue weighted by molar-refractivity contribution is 5.46. The summed E-state index contributed by atoms with van der Waals surface area (Å²) < 4.78 is 6.09. The molecule has 0 spiro atoms. The van der Waals surface area contributed by atoms with Crippen molar-refractivity contribution in [3.63, 3.8) is 0 Å². The fourth-order valence-electron chi connectivity index (χ4n) is 2.64. The van der Waals surface area contributed by atoms with E-state index in [1.54, 1.807) is 0 Å². The molecule has 96 valence electrons. The average Bonchev–Trinajstić information content (AvgIpc) is 2.31. The number of nitriles is 1. The maximum atomic E-state index is 9.22. The molecule has 0 aliphatic heterocycles. The molecule has 1 aliphatic carbocycles. The quantitative estimate of drug-likeness (QED) is 0.799. The van der Waals surface area contributed by atoms with Gasteiger partial charge in [-0.3, -0.25) is 4.98 Å². The van der Waals surface area contributed by atoms with E-state index in [1.807, 2.05) is 19.9 Å². The van der Waals surface area contributed by atoms with Gasteiger partial charge < -0.3 is 4.74 Å². The minimum Gasteiger partial charge on any atom is -0.489 e. The molecule has 0 amide bonds. The molecule has 2 atom stereocenters. The van der Waals surface area contributed by atoms with Crippen LogP contribution in [0.15, 0.2) is 6.07 Å². The highest BCUT2D eigenvalue weighted by atomic mass is 16.5. The van der Waals surface area contributed by atoms with Crippen LogP contribution < -0.4 is 4.74 Å². The van der Waals surface area contributed by atoms with Crippen LogP contribution in [0.1, 0.15) is 49.6 Å². The van der Waals surface area contributed by atoms with Crippen molar-refractivity contribution in [1.82, 2.24) is 4.98 Å². The molecule has 18 heavy (non-hydrogen) atoms. The van der Waals surface area contributed by atoms with Crippen LogP contribution in [-0.2, 0) is 0 Å². The minimum atomic E-state index is 0.243. The van der Waals surface area contributed by atoms with E-state index in [4.69, 9.17) is 4.74 Å². The van der Waals surface area contributed by atoms with Crippen molar-refractivity contribution in [2.24, 2.45) is 5.92 Å². The van der Waals surface area contributed by atoms with Crippen molar-refractivity contribution in [3.05, 3.63) is 23.0 Å². The first kappa shape index (κ1) is 12.9. The van der Waals surface area contributed by atoms with Gasteiger partial charge in [0.25, 0.3) is 0 Å². The van der Waals surface area contributed by atoms with Gasteiger partial charge in [-0.05, 0) is 39.0 Å². The fraction of sp³-hybridized carbons (Fsp3) is 0.600. The normalized spacial score (nSPS) is 23.4. The summed E-state index contributed by atoms with van der Waals surface area (Å²) in [5.74, 6) is 1.28. The first-order valence-corrected chi connectivity index (χ1v) is 6.67. The summed E-state index contributed by atoms with van der Waals surface area (Å²) in [6.45, 7) is 6.03. The van der Waals surface area contributed by atoms with E-state index in [1.165, 1.54) is 19.3 Å². The second-order valence-corrected chi connectivity index (χ2v) is 5.25. The number of hydrogen-bond acceptors (Lipinski definition) is 3. The maximum Gasteiger partial charge on any atom is 0.141 e. The molecule has 1 aliphatic rings. The summed E-state index contributed by atoms with van der Waals surface area (Å²) in [6.07, 6.45) is 5.06. The van der Waals surface area contributed by atoms with Gasteiger partial charge in [0.1, 0.15) is 23.5 Å². The summed E-state index contributed by atoms with van der Waals surface area (Å²) in [5.41, 5.74) is 2.25. The van der Waals surface area contributed by atoms with Gasteiger partial charge in [0, 0.05) is 11.8 Å². The molecular formula is C15H20N2O. The number of aryl methyl sites for hydroxylation is 2. The zero-order valence-corrected chi connectivity index (χ0v) is 11.4. The third-order valence-electron chi connectivity index (χ3n) is 3.72. The van der Waals surface area contributed by atoms with Gasteiger partial charge in [0.15, 0.2) is 0 Å². The van der Waals surface area contributed by atoms with Crippen molar-refractivity contribution in [2.75, 3.05) is 0 Å². The molecular weight excluding hydrogens is 224 g/mol. The van der Waals surface area contributed by atoms with Gasteiger partial charge in [-0.1, -0.05) is 13.3 Å². The highest BCUT2D eigenvalue weighted by Gasteiger charge is 2.24. The number of aromatic nitrogens is 1. The van der Waals surface area contributed by atoms with Crippen LogP contribution in [0.3, 0.4) is 0 Å². The van der Waals surface area contributed by atoms with E-state index in [0.29, 0.717) is 17.2 Å². The van der Waals surface area contributed by atoms with Crippen molar-refractivity contribution in [3.8, 4) is 11.8 Å². The molecule has 0 bridgehead atoms. The predicted molar refractivity (Wildman–Crippen MR) is 70.5 cm³/mol. The van der Waals surface area contributed by atoms with Gasteiger partial charge in [-0.2, -0.15) is 5.26 Å². The standard InChI is InChI=1S/C15H20N2O/c1-10-6-4-5-7-14(10)18-15-8-11(2)17-12(3)13(15)9-16/h8,10,14H,4-7H2,1-3H3. The van der Waals surface area contributed by atoms with E-state index < -0.39 is 0 Å². The second kappa shape index (κ2) is 5.39. The summed E-state index contributed by atoms with van der Waals surface area (Å²) in [6, 6.07) is 4.09. The molecule has 2 rings (SSSR count). The van der Waals surface area contributed by atoms with E-state index in [-0.39, 0.29) is 6.10 Å². The predicted octanol–water partition coefficient (Wildman–Crippen LogP) is 3.53. The van der Waals surface area contributed by atoms with E-state index >= 15 is 0 Å². The Balaban J connectivity index is 2.25. The van der Waals surface area contributed by atoms with E-state index in [2.05, 4.69) is 18.0 Å². The number of pyridine rings is 1. The Morgan fingerprint density at radius 3 is 2.72 bits per heavy atom. The molecule has 1 aromatic heterocycles. The lowest BCUT2D eigenvalue weighted by atomic mass is 9.88. The van der Waals surface area contributed by atoms with Gasteiger partial charge in [-0.15, -0.1) is 0 Å². The first-order chi connectivity index (χ1) is 8.61. The van der Waals surface area contributed by atoms with Crippen LogP contribution >= 0.6 is 0 Å². The van der Waals surface area contributed by atoms with Crippen LogP contribution in [0.25, 0.3) is 0 Å². The smallest absolute Gasteiger partial charge is 0.141 e. The molecule has 0 aromatic carbocycles. The molecule has 2 unspecified atom stereocenters. The van der Waals surface area contributed by atoms with Crippen molar-refractivity contribution in [2.45, 2.75) is 52.6 Å². The molecule has 1 fully saturated rings. The second-order valence-electron chi connectivity index (χ2n) is 5.25. The third-order valence-corrected chi connectivity index (χ3v) is 3.72. The number of ether oxygens (including phenoxy) is 1. The largest absolute Gasteiger partial charge is 0.489 e. The van der Waals surface area contributed by atoms with E-state index in [9.17, 15) is 5.26 Å². The summed E-state index contributed by atoms with van der Waals surface area (Å²) in [5, 5.41) is 9.22. The summed E-state index contributed by atoms with van der Waals surface area (Å²) >= 11 is 0. The maximum absolute atomic E-state index is 9.22. The zero-order valence-electron chi connectivity index (χ0n) is 11.4. The Hall–Kier alpha value is -1.56. The Kier molecular flexibility index (Phi) is 3.86. The van der Waals surface area contributed by atoms with Crippen LogP contribution in [-0.4, -0.2) is 11.1 Å². The summed E-state index contributed by atoms with van der Waals surface area (Å²) in [7, 11) is 0. The lowest BCUT2D eigenvalue weighted by Crippen LogP contribution is -2.28. The zero-order chi connectivity index (χ0) is 13.1.